The molecular formula is C17H22N2O5. The van der Waals surface area contributed by atoms with Crippen LogP contribution >= 0.6 is 0 Å². The Kier molecular flexibility index (Phi) is 3.53. The Hall–Kier alpha value is -2.28. The predicted molar refractivity (Wildman–Crippen MR) is 86.6 cm³/mol. The number of nitrogens with one attached hydrogen (secondary N) is 1. The maximum absolute atomic E-state index is 12.6. The van der Waals surface area contributed by atoms with Crippen LogP contribution in [0.1, 0.15) is 38.3 Å². The zero-order valence-corrected chi connectivity index (χ0v) is 14.2. The molecule has 1 aromatic rings. The van der Waals surface area contributed by atoms with Gasteiger partial charge < -0.3 is 20.3 Å². The monoisotopic (exact) mass is 334 g/mol. The zero-order chi connectivity index (χ0) is 17.9. The number of amides is 1. The predicted octanol–water partition coefficient (Wildman–Crippen LogP) is 2.03. The molecule has 3 N–H and O–H groups in total. The van der Waals surface area contributed by atoms with E-state index in [1.807, 2.05) is 19.1 Å². The Labute approximate surface area is 140 Å². The first-order valence-electron chi connectivity index (χ1n) is 7.87. The van der Waals surface area contributed by atoms with Gasteiger partial charge >= 0.3 is 12.1 Å². The number of hydrogen-bond acceptors (Lipinski definition) is 5. The van der Waals surface area contributed by atoms with Crippen molar-refractivity contribution in [3.05, 3.63) is 29.3 Å². The molecule has 1 amide bonds. The van der Waals surface area contributed by atoms with Crippen molar-refractivity contribution in [2.24, 2.45) is 0 Å². The van der Waals surface area contributed by atoms with Crippen molar-refractivity contribution < 1.29 is 24.5 Å². The molecule has 2 unspecified atom stereocenters. The molecule has 0 saturated carbocycles. The fourth-order valence-electron chi connectivity index (χ4n) is 3.42. The van der Waals surface area contributed by atoms with E-state index in [1.165, 1.54) is 0 Å². The number of aliphatic carboxylic acids is 1. The van der Waals surface area contributed by atoms with E-state index >= 15 is 0 Å². The fraction of sp³-hybridized carbons (Fsp3) is 0.529. The summed E-state index contributed by atoms with van der Waals surface area (Å²) in [6.45, 7) is 7.06. The molecule has 1 fully saturated rings. The second-order valence-electron chi connectivity index (χ2n) is 7.47. The molecule has 1 saturated heterocycles. The first-order valence-corrected chi connectivity index (χ1v) is 7.87. The molecule has 1 aromatic carbocycles. The minimum absolute atomic E-state index is 0.0880. The van der Waals surface area contributed by atoms with Crippen molar-refractivity contribution >= 4 is 17.7 Å². The number of rotatable bonds is 1. The highest BCUT2D eigenvalue weighted by molar-refractivity contribution is 5.83. The molecular weight excluding hydrogens is 312 g/mol. The van der Waals surface area contributed by atoms with Crippen LogP contribution in [0.3, 0.4) is 0 Å². The van der Waals surface area contributed by atoms with Crippen molar-refractivity contribution in [3.63, 3.8) is 0 Å². The number of likely N-dealkylation sites (tertiary alicyclic amines) is 1. The molecule has 0 aliphatic carbocycles. The van der Waals surface area contributed by atoms with Gasteiger partial charge in [-0.15, -0.1) is 0 Å². The highest BCUT2D eigenvalue weighted by atomic mass is 16.6. The number of carboxylic acids is 1. The largest absolute Gasteiger partial charge is 0.480 e. The zero-order valence-electron chi connectivity index (χ0n) is 14.2. The molecule has 24 heavy (non-hydrogen) atoms. The highest BCUT2D eigenvalue weighted by Crippen LogP contribution is 2.49. The number of hydrogen-bond donors (Lipinski definition) is 3. The number of carbonyl (C=O) groups is 2. The van der Waals surface area contributed by atoms with Gasteiger partial charge in [0.15, 0.2) is 0 Å². The number of fused-ring (bicyclic) bond motifs is 3. The summed E-state index contributed by atoms with van der Waals surface area (Å²) in [5, 5.41) is 23.7. The Morgan fingerprint density at radius 2 is 2.04 bits per heavy atom. The summed E-state index contributed by atoms with van der Waals surface area (Å²) >= 11 is 0. The number of carboxylic acid groups (broad SMARTS) is 1. The van der Waals surface area contributed by atoms with Crippen molar-refractivity contribution in [2.75, 3.05) is 5.32 Å². The Bertz CT molecular complexity index is 711. The van der Waals surface area contributed by atoms with Crippen molar-refractivity contribution in [1.82, 2.24) is 4.90 Å². The molecule has 2 heterocycles. The van der Waals surface area contributed by atoms with Crippen molar-refractivity contribution in [2.45, 2.75) is 57.5 Å². The molecule has 0 aromatic heterocycles. The van der Waals surface area contributed by atoms with Crippen LogP contribution < -0.4 is 5.32 Å². The van der Waals surface area contributed by atoms with E-state index in [9.17, 15) is 19.8 Å². The second kappa shape index (κ2) is 5.11. The Morgan fingerprint density at radius 3 is 2.62 bits per heavy atom. The van der Waals surface area contributed by atoms with E-state index < -0.39 is 35.5 Å². The van der Waals surface area contributed by atoms with Crippen LogP contribution in [0.2, 0.25) is 0 Å². The fourth-order valence-corrected chi connectivity index (χ4v) is 3.42. The van der Waals surface area contributed by atoms with E-state index in [-0.39, 0.29) is 6.42 Å². The lowest BCUT2D eigenvalue weighted by Crippen LogP contribution is -2.51. The molecule has 130 valence electrons. The van der Waals surface area contributed by atoms with Crippen LogP contribution in [0.25, 0.3) is 0 Å². The summed E-state index contributed by atoms with van der Waals surface area (Å²) in [7, 11) is 0. The lowest BCUT2D eigenvalue weighted by molar-refractivity contribution is -0.142. The first-order chi connectivity index (χ1) is 11.0. The summed E-state index contributed by atoms with van der Waals surface area (Å²) in [5.74, 6) is -1.17. The van der Waals surface area contributed by atoms with E-state index in [0.29, 0.717) is 11.3 Å². The molecule has 0 radical (unpaired) electrons. The number of benzene rings is 1. The number of aliphatic hydroxyl groups is 1. The Balaban J connectivity index is 2.01. The first kappa shape index (κ1) is 16.6. The summed E-state index contributed by atoms with van der Waals surface area (Å²) in [4.78, 5) is 25.3. The number of ether oxygens (including phenoxy) is 1. The van der Waals surface area contributed by atoms with E-state index in [4.69, 9.17) is 4.74 Å². The van der Waals surface area contributed by atoms with Gasteiger partial charge in [-0.3, -0.25) is 4.90 Å². The van der Waals surface area contributed by atoms with Crippen LogP contribution in [0.4, 0.5) is 10.5 Å². The third-order valence-electron chi connectivity index (χ3n) is 4.39. The number of carbonyl (C=O) groups excluding carboxylic acids is 1. The summed E-state index contributed by atoms with van der Waals surface area (Å²) in [6, 6.07) is 4.34. The third-order valence-corrected chi connectivity index (χ3v) is 4.39. The van der Waals surface area contributed by atoms with Gasteiger partial charge in [-0.05, 0) is 39.3 Å². The third kappa shape index (κ3) is 2.49. The normalized spacial score (nSPS) is 28.1. The quantitative estimate of drug-likeness (QED) is 0.727. The van der Waals surface area contributed by atoms with Gasteiger partial charge in [-0.25, -0.2) is 9.59 Å². The van der Waals surface area contributed by atoms with Gasteiger partial charge in [-0.1, -0.05) is 12.1 Å². The highest BCUT2D eigenvalue weighted by Gasteiger charge is 2.61. The standard InChI is InChI=1S/C17H22N2O5/c1-9-5-6-10-11(7-9)18-14-17(10,23)8-12(13(20)21)19(14)15(22)24-16(2,3)4/h5-7,12,14,18,23H,8H2,1-4H3,(H,20,21)/t12?,14?,17-/m0/s1. The number of nitrogens with zero attached hydrogens (tertiary/aromatic N) is 1. The lowest BCUT2D eigenvalue weighted by Gasteiger charge is -2.31. The van der Waals surface area contributed by atoms with Crippen LogP contribution in [-0.2, 0) is 15.1 Å². The maximum atomic E-state index is 12.6. The van der Waals surface area contributed by atoms with Crippen molar-refractivity contribution in [1.29, 1.82) is 0 Å². The van der Waals surface area contributed by atoms with Gasteiger partial charge in [0, 0.05) is 17.7 Å². The van der Waals surface area contributed by atoms with E-state index in [0.717, 1.165) is 10.5 Å². The maximum Gasteiger partial charge on any atom is 0.412 e. The summed E-state index contributed by atoms with van der Waals surface area (Å²) in [6.07, 6.45) is -1.71. The number of aryl methyl sites for hydroxylation is 1. The van der Waals surface area contributed by atoms with Gasteiger partial charge in [-0.2, -0.15) is 0 Å². The van der Waals surface area contributed by atoms with Gasteiger partial charge in [0.05, 0.1) is 0 Å². The smallest absolute Gasteiger partial charge is 0.412 e. The molecule has 2 aliphatic heterocycles. The van der Waals surface area contributed by atoms with Crippen LogP contribution in [0.5, 0.6) is 0 Å². The molecule has 7 nitrogen and oxygen atoms in total. The van der Waals surface area contributed by atoms with Gasteiger partial charge in [0.2, 0.25) is 0 Å². The molecule has 0 bridgehead atoms. The summed E-state index contributed by atoms with van der Waals surface area (Å²) < 4.78 is 5.35. The lowest BCUT2D eigenvalue weighted by atomic mass is 9.90. The van der Waals surface area contributed by atoms with Crippen LogP contribution in [-0.4, -0.2) is 45.0 Å². The average molecular weight is 334 g/mol. The van der Waals surface area contributed by atoms with Crippen LogP contribution in [0, 0.1) is 6.92 Å². The minimum atomic E-state index is -1.46. The molecule has 3 rings (SSSR count). The number of anilines is 1. The minimum Gasteiger partial charge on any atom is -0.480 e. The molecule has 3 atom stereocenters. The average Bonchev–Trinajstić information content (AvgIpc) is 2.85. The molecule has 7 heteroatoms. The second-order valence-corrected chi connectivity index (χ2v) is 7.47. The van der Waals surface area contributed by atoms with Gasteiger partial charge in [0.1, 0.15) is 23.4 Å². The molecule has 2 aliphatic rings. The van der Waals surface area contributed by atoms with Crippen LogP contribution in [0.15, 0.2) is 18.2 Å². The van der Waals surface area contributed by atoms with E-state index in [2.05, 4.69) is 5.32 Å². The van der Waals surface area contributed by atoms with E-state index in [1.54, 1.807) is 26.8 Å². The van der Waals surface area contributed by atoms with Gasteiger partial charge in [0.25, 0.3) is 0 Å². The van der Waals surface area contributed by atoms with Crippen molar-refractivity contribution in [3.8, 4) is 0 Å². The Morgan fingerprint density at radius 1 is 1.38 bits per heavy atom. The molecule has 0 spiro atoms. The topological polar surface area (TPSA) is 99.1 Å². The summed E-state index contributed by atoms with van der Waals surface area (Å²) in [5.41, 5.74) is 0.102. The SMILES string of the molecule is Cc1ccc2c(c1)NC1N(C(=O)OC(C)(C)C)C(C(=O)O)C[C@]21O.